The molecule has 3 aromatic rings. The highest BCUT2D eigenvalue weighted by Crippen LogP contribution is 2.23. The number of benzene rings is 2. The monoisotopic (exact) mass is 411 g/mol. The molecule has 0 aliphatic heterocycles. The first kappa shape index (κ1) is 20.5. The van der Waals surface area contributed by atoms with Crippen LogP contribution in [0.15, 0.2) is 65.6 Å². The number of ketones is 1. The maximum atomic E-state index is 12.6. The number of nitrogens with zero attached hydrogens (tertiary/aromatic N) is 2. The molecule has 0 amide bonds. The number of ether oxygens (including phenoxy) is 1. The average molecular weight is 411 g/mol. The van der Waals surface area contributed by atoms with Crippen LogP contribution in [-0.2, 0) is 10.0 Å². The molecular weight excluding hydrogens is 390 g/mol. The average Bonchev–Trinajstić information content (AvgIpc) is 2.72. The third kappa shape index (κ3) is 5.17. The number of hydrogen-bond acceptors (Lipinski definition) is 6. The maximum Gasteiger partial charge on any atom is 0.261 e. The largest absolute Gasteiger partial charge is 0.477 e. The second-order valence-corrected chi connectivity index (χ2v) is 8.05. The van der Waals surface area contributed by atoms with Crippen molar-refractivity contribution < 1.29 is 17.9 Å². The number of nitrogens with one attached hydrogen (secondary N) is 1. The van der Waals surface area contributed by atoms with Crippen molar-refractivity contribution in [1.82, 2.24) is 10.2 Å². The Morgan fingerprint density at radius 3 is 2.41 bits per heavy atom. The van der Waals surface area contributed by atoms with E-state index < -0.39 is 10.0 Å². The van der Waals surface area contributed by atoms with Crippen LogP contribution in [0.3, 0.4) is 0 Å². The van der Waals surface area contributed by atoms with Gasteiger partial charge in [0, 0.05) is 22.9 Å². The number of sulfonamides is 1. The lowest BCUT2D eigenvalue weighted by atomic mass is 10.1. The van der Waals surface area contributed by atoms with Crippen LogP contribution >= 0.6 is 0 Å². The second-order valence-electron chi connectivity index (χ2n) is 6.37. The number of carbonyl (C=O) groups excluding carboxylic acids is 1. The van der Waals surface area contributed by atoms with E-state index in [-0.39, 0.29) is 10.7 Å². The quantitative estimate of drug-likeness (QED) is 0.564. The summed E-state index contributed by atoms with van der Waals surface area (Å²) >= 11 is 0. The fourth-order valence-electron chi connectivity index (χ4n) is 2.58. The first-order chi connectivity index (χ1) is 13.9. The van der Waals surface area contributed by atoms with Crippen LogP contribution < -0.4 is 9.46 Å². The molecule has 8 heteroatoms. The Morgan fingerprint density at radius 1 is 1.03 bits per heavy atom. The fraction of sp³-hybridized carbons (Fsp3) is 0.190. The minimum absolute atomic E-state index is 0.0742. The number of carbonyl (C=O) groups is 1. The topological polar surface area (TPSA) is 98.2 Å². The van der Waals surface area contributed by atoms with E-state index in [4.69, 9.17) is 4.74 Å². The van der Waals surface area contributed by atoms with Crippen LogP contribution in [0.4, 0.5) is 5.69 Å². The predicted molar refractivity (Wildman–Crippen MR) is 111 cm³/mol. The van der Waals surface area contributed by atoms with Crippen molar-refractivity contribution in [2.45, 2.75) is 25.2 Å². The van der Waals surface area contributed by atoms with Gasteiger partial charge in [-0.15, -0.1) is 10.2 Å². The molecule has 0 atom stereocenters. The van der Waals surface area contributed by atoms with Crippen LogP contribution in [0.5, 0.6) is 5.88 Å². The minimum Gasteiger partial charge on any atom is -0.477 e. The molecule has 0 saturated carbocycles. The van der Waals surface area contributed by atoms with Gasteiger partial charge in [0.15, 0.2) is 5.78 Å². The van der Waals surface area contributed by atoms with Crippen molar-refractivity contribution in [3.8, 4) is 17.1 Å². The SMILES string of the molecule is CCCOc1ccc(-c2cccc(NS(=O)(=O)c3ccc(C(C)=O)cc3)c2)nn1. The van der Waals surface area contributed by atoms with Gasteiger partial charge in [-0.05, 0) is 43.7 Å². The first-order valence-corrected chi connectivity index (χ1v) is 10.6. The Bertz CT molecular complexity index is 1100. The molecule has 2 aromatic carbocycles. The van der Waals surface area contributed by atoms with E-state index in [2.05, 4.69) is 14.9 Å². The Hall–Kier alpha value is -3.26. The Labute approximate surface area is 169 Å². The van der Waals surface area contributed by atoms with Crippen LogP contribution in [0.1, 0.15) is 30.6 Å². The molecule has 29 heavy (non-hydrogen) atoms. The highest BCUT2D eigenvalue weighted by atomic mass is 32.2. The number of hydrogen-bond donors (Lipinski definition) is 1. The molecule has 1 N–H and O–H groups in total. The Morgan fingerprint density at radius 2 is 1.79 bits per heavy atom. The number of rotatable bonds is 8. The molecule has 0 unspecified atom stereocenters. The van der Waals surface area contributed by atoms with E-state index in [0.717, 1.165) is 6.42 Å². The standard InChI is InChI=1S/C21H21N3O4S/c1-3-13-28-21-12-11-20(22-23-21)17-5-4-6-18(14-17)24-29(26,27)19-9-7-16(8-10-19)15(2)25/h4-12,14,24H,3,13H2,1-2H3. The predicted octanol–water partition coefficient (Wildman–Crippen LogP) is 3.94. The Balaban J connectivity index is 1.79. The Kier molecular flexibility index (Phi) is 6.23. The molecule has 1 aromatic heterocycles. The molecule has 7 nitrogen and oxygen atoms in total. The van der Waals surface area contributed by atoms with Crippen molar-refractivity contribution in [2.75, 3.05) is 11.3 Å². The minimum atomic E-state index is -3.79. The normalized spacial score (nSPS) is 11.1. The third-order valence-electron chi connectivity index (χ3n) is 4.08. The summed E-state index contributed by atoms with van der Waals surface area (Å²) in [6.45, 7) is 4.00. The lowest BCUT2D eigenvalue weighted by Crippen LogP contribution is -2.13. The zero-order valence-electron chi connectivity index (χ0n) is 16.1. The number of anilines is 1. The fourth-order valence-corrected chi connectivity index (χ4v) is 3.63. The van der Waals surface area contributed by atoms with Gasteiger partial charge in [-0.3, -0.25) is 9.52 Å². The molecule has 0 fully saturated rings. The summed E-state index contributed by atoms with van der Waals surface area (Å²) in [6.07, 6.45) is 0.878. The molecule has 0 bridgehead atoms. The molecule has 1 heterocycles. The van der Waals surface area contributed by atoms with E-state index in [9.17, 15) is 13.2 Å². The highest BCUT2D eigenvalue weighted by molar-refractivity contribution is 7.92. The van der Waals surface area contributed by atoms with Crippen molar-refractivity contribution >= 4 is 21.5 Å². The maximum absolute atomic E-state index is 12.6. The summed E-state index contributed by atoms with van der Waals surface area (Å²) in [7, 11) is -3.79. The first-order valence-electron chi connectivity index (χ1n) is 9.10. The molecule has 0 saturated heterocycles. The molecule has 0 radical (unpaired) electrons. The summed E-state index contributed by atoms with van der Waals surface area (Å²) in [5.74, 6) is 0.322. The van der Waals surface area contributed by atoms with Crippen LogP contribution in [-0.4, -0.2) is 31.0 Å². The number of aromatic nitrogens is 2. The smallest absolute Gasteiger partial charge is 0.261 e. The van der Waals surface area contributed by atoms with E-state index in [1.807, 2.05) is 13.0 Å². The van der Waals surface area contributed by atoms with Gasteiger partial charge in [-0.2, -0.15) is 0 Å². The molecule has 0 aliphatic rings. The van der Waals surface area contributed by atoms with Gasteiger partial charge in [0.05, 0.1) is 17.2 Å². The second kappa shape index (κ2) is 8.83. The number of Topliss-reactive ketones (excluding diaryl/α,β-unsaturated/α-hetero) is 1. The highest BCUT2D eigenvalue weighted by Gasteiger charge is 2.15. The van der Waals surface area contributed by atoms with Crippen LogP contribution in [0.25, 0.3) is 11.3 Å². The molecular formula is C21H21N3O4S. The van der Waals surface area contributed by atoms with E-state index in [0.29, 0.717) is 35.0 Å². The molecule has 0 aliphatic carbocycles. The third-order valence-corrected chi connectivity index (χ3v) is 5.47. The van der Waals surface area contributed by atoms with Crippen molar-refractivity contribution in [1.29, 1.82) is 0 Å². The summed E-state index contributed by atoms with van der Waals surface area (Å²) in [4.78, 5) is 11.4. The van der Waals surface area contributed by atoms with Gasteiger partial charge >= 0.3 is 0 Å². The van der Waals surface area contributed by atoms with E-state index >= 15 is 0 Å². The van der Waals surface area contributed by atoms with Gasteiger partial charge in [-0.1, -0.05) is 31.2 Å². The summed E-state index contributed by atoms with van der Waals surface area (Å²) in [6, 6.07) is 16.2. The molecule has 3 rings (SSSR count). The van der Waals surface area contributed by atoms with Crippen molar-refractivity contribution in [3.05, 3.63) is 66.2 Å². The van der Waals surface area contributed by atoms with Crippen molar-refractivity contribution in [2.24, 2.45) is 0 Å². The molecule has 150 valence electrons. The van der Waals surface area contributed by atoms with Gasteiger partial charge in [0.1, 0.15) is 0 Å². The summed E-state index contributed by atoms with van der Waals surface area (Å²) in [5.41, 5.74) is 2.16. The zero-order chi connectivity index (χ0) is 20.9. The summed E-state index contributed by atoms with van der Waals surface area (Å²) < 4.78 is 33.2. The zero-order valence-corrected chi connectivity index (χ0v) is 16.9. The van der Waals surface area contributed by atoms with E-state index in [1.165, 1.54) is 31.2 Å². The molecule has 0 spiro atoms. The van der Waals surface area contributed by atoms with Crippen LogP contribution in [0.2, 0.25) is 0 Å². The van der Waals surface area contributed by atoms with Gasteiger partial charge in [-0.25, -0.2) is 8.42 Å². The van der Waals surface area contributed by atoms with Gasteiger partial charge < -0.3 is 4.74 Å². The lowest BCUT2D eigenvalue weighted by molar-refractivity contribution is 0.101. The lowest BCUT2D eigenvalue weighted by Gasteiger charge is -2.10. The van der Waals surface area contributed by atoms with Crippen molar-refractivity contribution in [3.63, 3.8) is 0 Å². The summed E-state index contributed by atoms with van der Waals surface area (Å²) in [5, 5.41) is 8.17. The van der Waals surface area contributed by atoms with Crippen LogP contribution in [0, 0.1) is 0 Å². The van der Waals surface area contributed by atoms with E-state index in [1.54, 1.807) is 30.3 Å². The van der Waals surface area contributed by atoms with Gasteiger partial charge in [0.2, 0.25) is 5.88 Å². The van der Waals surface area contributed by atoms with Gasteiger partial charge in [0.25, 0.3) is 10.0 Å².